The predicted molar refractivity (Wildman–Crippen MR) is 91.9 cm³/mol. The highest BCUT2D eigenvalue weighted by molar-refractivity contribution is 7.88. The molecule has 0 aliphatic heterocycles. The number of rotatable bonds is 8. The summed E-state index contributed by atoms with van der Waals surface area (Å²) in [5, 5.41) is 0. The highest BCUT2D eigenvalue weighted by Crippen LogP contribution is 2.18. The van der Waals surface area contributed by atoms with Crippen LogP contribution in [0.3, 0.4) is 0 Å². The van der Waals surface area contributed by atoms with Crippen molar-refractivity contribution in [1.82, 2.24) is 4.72 Å². The summed E-state index contributed by atoms with van der Waals surface area (Å²) in [4.78, 5) is 25.2. The van der Waals surface area contributed by atoms with Crippen LogP contribution in [-0.4, -0.2) is 39.6 Å². The van der Waals surface area contributed by atoms with Gasteiger partial charge in [-0.15, -0.1) is 11.3 Å². The normalized spacial score (nSPS) is 11.2. The fourth-order valence-electron chi connectivity index (χ4n) is 1.88. The third-order valence-electron chi connectivity index (χ3n) is 3.02. The van der Waals surface area contributed by atoms with Gasteiger partial charge < -0.3 is 4.74 Å². The lowest BCUT2D eigenvalue weighted by Gasteiger charge is -2.03. The van der Waals surface area contributed by atoms with E-state index in [2.05, 4.69) is 4.72 Å². The van der Waals surface area contributed by atoms with Crippen molar-refractivity contribution in [2.24, 2.45) is 0 Å². The van der Waals surface area contributed by atoms with Gasteiger partial charge in [0.1, 0.15) is 0 Å². The number of carbonyl (C=O) groups excluding carboxylic acids is 2. The van der Waals surface area contributed by atoms with Crippen LogP contribution in [0.1, 0.15) is 24.9 Å². The van der Waals surface area contributed by atoms with Crippen LogP contribution in [0.2, 0.25) is 0 Å². The molecule has 128 valence electrons. The first kappa shape index (κ1) is 18.3. The molecule has 0 spiro atoms. The largest absolute Gasteiger partial charge is 0.454 e. The number of carbonyl (C=O) groups is 2. The Labute approximate surface area is 144 Å². The third-order valence-corrected chi connectivity index (χ3v) is 4.93. The number of Topliss-reactive ketones (excluding diaryl/α,β-unsaturated/α-hetero) is 1. The molecular formula is C16H17NO5S2. The van der Waals surface area contributed by atoms with E-state index in [4.69, 9.17) is 4.74 Å². The summed E-state index contributed by atoms with van der Waals surface area (Å²) in [6.45, 7) is -0.0504. The molecule has 0 aliphatic rings. The molecule has 6 nitrogen and oxygen atoms in total. The van der Waals surface area contributed by atoms with Gasteiger partial charge in [0, 0.05) is 11.4 Å². The second-order valence-corrected chi connectivity index (χ2v) is 8.05. The number of esters is 1. The zero-order valence-electron chi connectivity index (χ0n) is 13.0. The van der Waals surface area contributed by atoms with Crippen LogP contribution in [-0.2, 0) is 21.2 Å². The Morgan fingerprint density at radius 2 is 1.83 bits per heavy atom. The van der Waals surface area contributed by atoms with Crippen LogP contribution in [0.15, 0.2) is 42.5 Å². The molecule has 0 aliphatic carbocycles. The van der Waals surface area contributed by atoms with E-state index in [0.29, 0.717) is 16.9 Å². The van der Waals surface area contributed by atoms with Crippen molar-refractivity contribution in [2.75, 3.05) is 19.4 Å². The zero-order valence-corrected chi connectivity index (χ0v) is 14.7. The molecule has 0 saturated carbocycles. The molecule has 0 amide bonds. The van der Waals surface area contributed by atoms with Gasteiger partial charge in [-0.1, -0.05) is 18.2 Å². The molecule has 0 saturated heterocycles. The van der Waals surface area contributed by atoms with E-state index in [9.17, 15) is 18.0 Å². The number of ether oxygens (including phenoxy) is 1. The minimum atomic E-state index is -3.22. The van der Waals surface area contributed by atoms with Crippen LogP contribution >= 0.6 is 11.3 Å². The van der Waals surface area contributed by atoms with E-state index in [1.807, 2.05) is 0 Å². The minimum Gasteiger partial charge on any atom is -0.454 e. The summed E-state index contributed by atoms with van der Waals surface area (Å²) >= 11 is 1.26. The summed E-state index contributed by atoms with van der Waals surface area (Å²) in [5.74, 6) is -0.829. The van der Waals surface area contributed by atoms with Gasteiger partial charge in [0.15, 0.2) is 6.61 Å². The second kappa shape index (κ2) is 8.18. The molecule has 1 aromatic heterocycles. The zero-order chi connectivity index (χ0) is 17.6. The van der Waals surface area contributed by atoms with Gasteiger partial charge in [0.05, 0.1) is 16.7 Å². The van der Waals surface area contributed by atoms with E-state index in [1.54, 1.807) is 42.5 Å². The van der Waals surface area contributed by atoms with Crippen LogP contribution in [0.5, 0.6) is 0 Å². The Bertz CT molecular complexity index is 812. The number of hydrogen-bond acceptors (Lipinski definition) is 6. The topological polar surface area (TPSA) is 89.5 Å². The SMILES string of the molecule is CS(=O)(=O)NCCc1ccc(C(=O)COC(=O)c2ccccc2)s1. The summed E-state index contributed by atoms with van der Waals surface area (Å²) in [6.07, 6.45) is 1.59. The lowest BCUT2D eigenvalue weighted by Crippen LogP contribution is -2.24. The van der Waals surface area contributed by atoms with Crippen molar-refractivity contribution in [2.45, 2.75) is 6.42 Å². The van der Waals surface area contributed by atoms with E-state index >= 15 is 0 Å². The van der Waals surface area contributed by atoms with Crippen LogP contribution in [0.25, 0.3) is 0 Å². The molecule has 1 aromatic carbocycles. The number of benzene rings is 1. The third kappa shape index (κ3) is 5.88. The molecule has 0 fully saturated rings. The molecule has 2 rings (SSSR count). The molecule has 0 unspecified atom stereocenters. The van der Waals surface area contributed by atoms with Crippen LogP contribution in [0.4, 0.5) is 0 Å². The fraction of sp³-hybridized carbons (Fsp3) is 0.250. The van der Waals surface area contributed by atoms with Crippen LogP contribution in [0, 0.1) is 0 Å². The highest BCUT2D eigenvalue weighted by atomic mass is 32.2. The first-order valence-electron chi connectivity index (χ1n) is 7.14. The van der Waals surface area contributed by atoms with Crippen molar-refractivity contribution in [3.63, 3.8) is 0 Å². The lowest BCUT2D eigenvalue weighted by molar-refractivity contribution is 0.0476. The number of thiophene rings is 1. The Morgan fingerprint density at radius 3 is 2.50 bits per heavy atom. The molecule has 1 N–H and O–H groups in total. The molecule has 0 atom stereocenters. The molecule has 0 bridgehead atoms. The Balaban J connectivity index is 1.84. The summed E-state index contributed by atoms with van der Waals surface area (Å²) < 4.78 is 29.4. The van der Waals surface area contributed by atoms with E-state index in [1.165, 1.54) is 11.3 Å². The quantitative estimate of drug-likeness (QED) is 0.568. The van der Waals surface area contributed by atoms with Gasteiger partial charge in [-0.2, -0.15) is 0 Å². The number of nitrogens with one attached hydrogen (secondary N) is 1. The number of hydrogen-bond donors (Lipinski definition) is 1. The molecular weight excluding hydrogens is 350 g/mol. The van der Waals surface area contributed by atoms with Crippen molar-refractivity contribution >= 4 is 33.1 Å². The monoisotopic (exact) mass is 367 g/mol. The van der Waals surface area contributed by atoms with Gasteiger partial charge in [-0.25, -0.2) is 17.9 Å². The standard InChI is InChI=1S/C16H17NO5S2/c1-24(20,21)17-10-9-13-7-8-15(23-13)14(18)11-22-16(19)12-5-3-2-4-6-12/h2-8,17H,9-11H2,1H3. The maximum atomic E-state index is 12.0. The average Bonchev–Trinajstić information content (AvgIpc) is 3.01. The summed E-state index contributed by atoms with van der Waals surface area (Å²) in [5.41, 5.74) is 0.393. The van der Waals surface area contributed by atoms with Crippen molar-refractivity contribution < 1.29 is 22.7 Å². The smallest absolute Gasteiger partial charge is 0.338 e. The summed E-state index contributed by atoms with van der Waals surface area (Å²) in [6, 6.07) is 11.9. The minimum absolute atomic E-state index is 0.274. The first-order chi connectivity index (χ1) is 11.3. The van der Waals surface area contributed by atoms with Crippen LogP contribution < -0.4 is 4.72 Å². The average molecular weight is 367 g/mol. The van der Waals surface area contributed by atoms with E-state index < -0.39 is 16.0 Å². The van der Waals surface area contributed by atoms with Gasteiger partial charge in [-0.3, -0.25) is 4.79 Å². The van der Waals surface area contributed by atoms with Gasteiger partial charge in [-0.05, 0) is 30.7 Å². The second-order valence-electron chi connectivity index (χ2n) is 5.05. The fourth-order valence-corrected chi connectivity index (χ4v) is 3.29. The van der Waals surface area contributed by atoms with E-state index in [0.717, 1.165) is 11.1 Å². The van der Waals surface area contributed by atoms with Crippen molar-refractivity contribution in [1.29, 1.82) is 0 Å². The van der Waals surface area contributed by atoms with Crippen molar-refractivity contribution in [3.05, 3.63) is 57.8 Å². The summed E-state index contributed by atoms with van der Waals surface area (Å²) in [7, 11) is -3.22. The predicted octanol–water partition coefficient (Wildman–Crippen LogP) is 1.88. The van der Waals surface area contributed by atoms with Gasteiger partial charge in [0.25, 0.3) is 0 Å². The van der Waals surface area contributed by atoms with E-state index in [-0.39, 0.29) is 18.9 Å². The maximum Gasteiger partial charge on any atom is 0.338 e. The van der Waals surface area contributed by atoms with Crippen molar-refractivity contribution in [3.8, 4) is 0 Å². The molecule has 0 radical (unpaired) electrons. The maximum absolute atomic E-state index is 12.0. The highest BCUT2D eigenvalue weighted by Gasteiger charge is 2.13. The number of ketones is 1. The Morgan fingerprint density at radius 1 is 1.12 bits per heavy atom. The molecule has 1 heterocycles. The molecule has 2 aromatic rings. The van der Waals surface area contributed by atoms with Gasteiger partial charge in [0.2, 0.25) is 15.8 Å². The Hall–Kier alpha value is -2.03. The Kier molecular flexibility index (Phi) is 6.24. The molecule has 24 heavy (non-hydrogen) atoms. The number of sulfonamides is 1. The molecule has 8 heteroatoms. The van der Waals surface area contributed by atoms with Gasteiger partial charge >= 0.3 is 5.97 Å². The lowest BCUT2D eigenvalue weighted by atomic mass is 10.2. The first-order valence-corrected chi connectivity index (χ1v) is 9.84.